The Morgan fingerprint density at radius 3 is 2.28 bits per heavy atom. The maximum Gasteiger partial charge on any atom is 0.573 e. The normalized spacial score (nSPS) is 25.9. The van der Waals surface area contributed by atoms with Gasteiger partial charge in [0.25, 0.3) is 0 Å². The SMILES string of the molecule is CC1(C)[C@@H](N)[C@@H]1c1ccc(OC(F)(F)F)c(Cl)c1. The Bertz CT molecular complexity index is 473. The molecule has 0 radical (unpaired) electrons. The Morgan fingerprint density at radius 2 is 1.89 bits per heavy atom. The van der Waals surface area contributed by atoms with E-state index >= 15 is 0 Å². The molecule has 1 aliphatic rings. The molecule has 1 aliphatic carbocycles. The molecule has 0 saturated heterocycles. The summed E-state index contributed by atoms with van der Waals surface area (Å²) in [6.45, 7) is 4.02. The van der Waals surface area contributed by atoms with E-state index in [0.717, 1.165) is 5.56 Å². The minimum absolute atomic E-state index is 0.00273. The van der Waals surface area contributed by atoms with Crippen molar-refractivity contribution in [1.82, 2.24) is 0 Å². The number of benzene rings is 1. The molecule has 1 aromatic rings. The van der Waals surface area contributed by atoms with Crippen molar-refractivity contribution in [2.24, 2.45) is 11.1 Å². The fourth-order valence-corrected chi connectivity index (χ4v) is 2.46. The molecule has 18 heavy (non-hydrogen) atoms. The van der Waals surface area contributed by atoms with E-state index in [1.54, 1.807) is 6.07 Å². The Hall–Kier alpha value is -0.940. The van der Waals surface area contributed by atoms with Gasteiger partial charge in [-0.05, 0) is 23.1 Å². The highest BCUT2D eigenvalue weighted by Crippen LogP contribution is 2.57. The van der Waals surface area contributed by atoms with Crippen LogP contribution in [0.2, 0.25) is 5.02 Å². The maximum absolute atomic E-state index is 12.1. The zero-order valence-electron chi connectivity index (χ0n) is 9.88. The van der Waals surface area contributed by atoms with Gasteiger partial charge in [-0.1, -0.05) is 31.5 Å². The fourth-order valence-electron chi connectivity index (χ4n) is 2.23. The Labute approximate surface area is 108 Å². The second-order valence-electron chi connectivity index (χ2n) is 5.06. The summed E-state index contributed by atoms with van der Waals surface area (Å²) < 4.78 is 40.0. The van der Waals surface area contributed by atoms with Crippen LogP contribution in [-0.4, -0.2) is 12.4 Å². The van der Waals surface area contributed by atoms with Crippen LogP contribution in [-0.2, 0) is 0 Å². The molecule has 2 atom stereocenters. The molecule has 0 spiro atoms. The highest BCUT2D eigenvalue weighted by Gasteiger charge is 2.56. The number of nitrogens with two attached hydrogens (primary N) is 1. The third-order valence-electron chi connectivity index (χ3n) is 3.45. The number of hydrogen-bond acceptors (Lipinski definition) is 2. The third-order valence-corrected chi connectivity index (χ3v) is 3.75. The maximum atomic E-state index is 12.1. The van der Waals surface area contributed by atoms with Crippen molar-refractivity contribution < 1.29 is 17.9 Å². The molecule has 0 amide bonds. The summed E-state index contributed by atoms with van der Waals surface area (Å²) in [5.74, 6) is -0.269. The van der Waals surface area contributed by atoms with Gasteiger partial charge in [-0.2, -0.15) is 0 Å². The van der Waals surface area contributed by atoms with Gasteiger partial charge in [-0.15, -0.1) is 13.2 Å². The van der Waals surface area contributed by atoms with Crippen molar-refractivity contribution in [3.05, 3.63) is 28.8 Å². The molecule has 6 heteroatoms. The first kappa shape index (κ1) is 13.5. The first-order valence-electron chi connectivity index (χ1n) is 5.43. The van der Waals surface area contributed by atoms with Crippen LogP contribution in [0.3, 0.4) is 0 Å². The first-order chi connectivity index (χ1) is 8.13. The van der Waals surface area contributed by atoms with Crippen molar-refractivity contribution in [2.45, 2.75) is 32.2 Å². The number of alkyl halides is 3. The van der Waals surface area contributed by atoms with Crippen LogP contribution in [0.15, 0.2) is 18.2 Å². The largest absolute Gasteiger partial charge is 0.573 e. The topological polar surface area (TPSA) is 35.2 Å². The molecule has 2 rings (SSSR count). The van der Waals surface area contributed by atoms with Gasteiger partial charge in [0.05, 0.1) is 5.02 Å². The summed E-state index contributed by atoms with van der Waals surface area (Å²) in [4.78, 5) is 0. The molecule has 0 bridgehead atoms. The van der Waals surface area contributed by atoms with E-state index in [1.807, 2.05) is 13.8 Å². The van der Waals surface area contributed by atoms with Gasteiger partial charge in [0.1, 0.15) is 5.75 Å². The predicted molar refractivity (Wildman–Crippen MR) is 62.6 cm³/mol. The lowest BCUT2D eigenvalue weighted by Gasteiger charge is -2.11. The lowest BCUT2D eigenvalue weighted by molar-refractivity contribution is -0.274. The standard InChI is InChI=1S/C12H13ClF3NO/c1-11(2)9(10(11)17)6-3-4-8(7(13)5-6)18-12(14,15)16/h3-5,9-10H,17H2,1-2H3/t9-,10-/m0/s1. The zero-order valence-corrected chi connectivity index (χ0v) is 10.6. The Kier molecular flexibility index (Phi) is 3.02. The number of halogens is 4. The molecule has 0 unspecified atom stereocenters. The van der Waals surface area contributed by atoms with Gasteiger partial charge in [-0.3, -0.25) is 0 Å². The molecule has 100 valence electrons. The van der Waals surface area contributed by atoms with E-state index in [-0.39, 0.29) is 28.1 Å². The van der Waals surface area contributed by atoms with Crippen molar-refractivity contribution >= 4 is 11.6 Å². The summed E-state index contributed by atoms with van der Waals surface area (Å²) in [5.41, 5.74) is 6.71. The van der Waals surface area contributed by atoms with E-state index in [4.69, 9.17) is 17.3 Å². The minimum Gasteiger partial charge on any atom is -0.404 e. The number of rotatable bonds is 2. The lowest BCUT2D eigenvalue weighted by Crippen LogP contribution is -2.17. The van der Waals surface area contributed by atoms with E-state index in [9.17, 15) is 13.2 Å². The second kappa shape index (κ2) is 4.03. The van der Waals surface area contributed by atoms with E-state index in [1.165, 1.54) is 12.1 Å². The Balaban J connectivity index is 2.22. The summed E-state index contributed by atoms with van der Waals surface area (Å²) in [6.07, 6.45) is -4.74. The van der Waals surface area contributed by atoms with Gasteiger partial charge in [-0.25, -0.2) is 0 Å². The lowest BCUT2D eigenvalue weighted by atomic mass is 10.0. The number of ether oxygens (including phenoxy) is 1. The summed E-state index contributed by atoms with van der Waals surface area (Å²) in [7, 11) is 0. The predicted octanol–water partition coefficient (Wildman–Crippen LogP) is 3.69. The molecular formula is C12H13ClF3NO. The summed E-state index contributed by atoms with van der Waals surface area (Å²) >= 11 is 5.78. The van der Waals surface area contributed by atoms with E-state index < -0.39 is 6.36 Å². The first-order valence-corrected chi connectivity index (χ1v) is 5.81. The zero-order chi connectivity index (χ0) is 13.7. The molecule has 1 saturated carbocycles. The van der Waals surface area contributed by atoms with Gasteiger partial charge in [0, 0.05) is 12.0 Å². The Morgan fingerprint density at radius 1 is 1.33 bits per heavy atom. The molecule has 0 heterocycles. The summed E-state index contributed by atoms with van der Waals surface area (Å²) in [6, 6.07) is 4.29. The highest BCUT2D eigenvalue weighted by atomic mass is 35.5. The molecule has 2 N–H and O–H groups in total. The van der Waals surface area contributed by atoms with Crippen LogP contribution in [0.25, 0.3) is 0 Å². The quantitative estimate of drug-likeness (QED) is 0.896. The second-order valence-corrected chi connectivity index (χ2v) is 5.47. The van der Waals surface area contributed by atoms with Crippen LogP contribution in [0.5, 0.6) is 5.75 Å². The van der Waals surface area contributed by atoms with E-state index in [2.05, 4.69) is 4.74 Å². The average Bonchev–Trinajstić information content (AvgIpc) is 2.68. The smallest absolute Gasteiger partial charge is 0.404 e. The molecule has 1 fully saturated rings. The van der Waals surface area contributed by atoms with Gasteiger partial charge < -0.3 is 10.5 Å². The van der Waals surface area contributed by atoms with Crippen LogP contribution in [0.1, 0.15) is 25.3 Å². The van der Waals surface area contributed by atoms with Gasteiger partial charge >= 0.3 is 6.36 Å². The highest BCUT2D eigenvalue weighted by molar-refractivity contribution is 6.32. The van der Waals surface area contributed by atoms with Crippen molar-refractivity contribution in [3.8, 4) is 5.75 Å². The van der Waals surface area contributed by atoms with Crippen LogP contribution in [0.4, 0.5) is 13.2 Å². The molecule has 1 aromatic carbocycles. The van der Waals surface area contributed by atoms with E-state index in [0.29, 0.717) is 0 Å². The molecule has 2 nitrogen and oxygen atoms in total. The number of hydrogen-bond donors (Lipinski definition) is 1. The third kappa shape index (κ3) is 2.42. The van der Waals surface area contributed by atoms with Crippen molar-refractivity contribution in [2.75, 3.05) is 0 Å². The van der Waals surface area contributed by atoms with Crippen LogP contribution in [0, 0.1) is 5.41 Å². The average molecular weight is 280 g/mol. The van der Waals surface area contributed by atoms with Gasteiger partial charge in [0.2, 0.25) is 0 Å². The minimum atomic E-state index is -4.74. The fraction of sp³-hybridized carbons (Fsp3) is 0.500. The van der Waals surface area contributed by atoms with Crippen molar-refractivity contribution in [3.63, 3.8) is 0 Å². The molecular weight excluding hydrogens is 267 g/mol. The molecule has 0 aromatic heterocycles. The van der Waals surface area contributed by atoms with Crippen molar-refractivity contribution in [1.29, 1.82) is 0 Å². The molecule has 0 aliphatic heterocycles. The monoisotopic (exact) mass is 279 g/mol. The van der Waals surface area contributed by atoms with Crippen LogP contribution >= 0.6 is 11.6 Å². The summed E-state index contributed by atoms with van der Waals surface area (Å²) in [5, 5.41) is -0.0558. The van der Waals surface area contributed by atoms with Gasteiger partial charge in [0.15, 0.2) is 0 Å². The van der Waals surface area contributed by atoms with Crippen LogP contribution < -0.4 is 10.5 Å².